The van der Waals surface area contributed by atoms with Crippen molar-refractivity contribution in [2.45, 2.75) is 65.2 Å². The van der Waals surface area contributed by atoms with Gasteiger partial charge in [0.1, 0.15) is 11.5 Å². The maximum absolute atomic E-state index is 12.4. The van der Waals surface area contributed by atoms with Crippen molar-refractivity contribution in [3.05, 3.63) is 95.1 Å². The lowest BCUT2D eigenvalue weighted by atomic mass is 10.0. The highest BCUT2D eigenvalue weighted by atomic mass is 16.5. The Kier molecular flexibility index (Phi) is 10.0. The Morgan fingerprint density at radius 2 is 1.12 bits per heavy atom. The largest absolute Gasteiger partial charge is 0.494 e. The maximum Gasteiger partial charge on any atom is 0.343 e. The van der Waals surface area contributed by atoms with Crippen LogP contribution >= 0.6 is 0 Å². The van der Waals surface area contributed by atoms with Gasteiger partial charge in [0, 0.05) is 0 Å². The van der Waals surface area contributed by atoms with Crippen LogP contribution in [0.2, 0.25) is 0 Å². The van der Waals surface area contributed by atoms with Gasteiger partial charge in [-0.15, -0.1) is 0 Å². The first-order valence-corrected chi connectivity index (χ1v) is 12.3. The van der Waals surface area contributed by atoms with E-state index in [2.05, 4.69) is 38.1 Å². The molecular weight excluding hydrogens is 408 g/mol. The van der Waals surface area contributed by atoms with Gasteiger partial charge in [0.05, 0.1) is 12.2 Å². The molecular formula is C30H36O3. The van der Waals surface area contributed by atoms with E-state index in [-0.39, 0.29) is 5.97 Å². The summed E-state index contributed by atoms with van der Waals surface area (Å²) in [6.45, 7) is 5.06. The van der Waals surface area contributed by atoms with Crippen molar-refractivity contribution < 1.29 is 14.3 Å². The molecule has 33 heavy (non-hydrogen) atoms. The maximum atomic E-state index is 12.4. The van der Waals surface area contributed by atoms with Crippen LogP contribution in [0, 0.1) is 0 Å². The zero-order valence-electron chi connectivity index (χ0n) is 20.0. The second kappa shape index (κ2) is 13.5. The number of benzene rings is 3. The number of aryl methyl sites for hydroxylation is 3. The van der Waals surface area contributed by atoms with Crippen LogP contribution in [-0.2, 0) is 19.3 Å². The molecule has 0 spiro atoms. The van der Waals surface area contributed by atoms with Crippen molar-refractivity contribution in [3.63, 3.8) is 0 Å². The third kappa shape index (κ3) is 8.42. The molecule has 3 nitrogen and oxygen atoms in total. The normalized spacial score (nSPS) is 10.7. The fraction of sp³-hybridized carbons (Fsp3) is 0.367. The van der Waals surface area contributed by atoms with E-state index in [4.69, 9.17) is 9.47 Å². The van der Waals surface area contributed by atoms with Gasteiger partial charge >= 0.3 is 5.97 Å². The lowest BCUT2D eigenvalue weighted by molar-refractivity contribution is 0.0734. The van der Waals surface area contributed by atoms with Crippen LogP contribution in [0.1, 0.15) is 73.0 Å². The summed E-state index contributed by atoms with van der Waals surface area (Å²) in [4.78, 5) is 12.4. The van der Waals surface area contributed by atoms with Crippen LogP contribution in [-0.4, -0.2) is 12.6 Å². The minimum Gasteiger partial charge on any atom is -0.494 e. The second-order valence-corrected chi connectivity index (χ2v) is 8.53. The number of esters is 1. The summed E-state index contributed by atoms with van der Waals surface area (Å²) in [7, 11) is 0. The summed E-state index contributed by atoms with van der Waals surface area (Å²) in [5.41, 5.74) is 4.53. The highest BCUT2D eigenvalue weighted by Gasteiger charge is 2.09. The molecule has 0 saturated carbocycles. The van der Waals surface area contributed by atoms with E-state index in [1.54, 1.807) is 12.1 Å². The number of rotatable bonds is 13. The van der Waals surface area contributed by atoms with Gasteiger partial charge < -0.3 is 9.47 Å². The van der Waals surface area contributed by atoms with Crippen LogP contribution in [0.25, 0.3) is 0 Å². The van der Waals surface area contributed by atoms with Gasteiger partial charge in [0.2, 0.25) is 0 Å². The molecule has 0 aromatic heterocycles. The molecule has 0 aliphatic heterocycles. The number of ether oxygens (including phenoxy) is 2. The number of hydrogen-bond donors (Lipinski definition) is 0. The molecule has 0 fully saturated rings. The SMILES string of the molecule is CCCCCc1ccc(CCc2ccc(OC(=O)c3ccc(OCCCC)cc3)cc2)cc1. The molecule has 3 aromatic carbocycles. The third-order valence-corrected chi connectivity index (χ3v) is 5.78. The molecule has 3 aromatic rings. The molecule has 0 N–H and O–H groups in total. The van der Waals surface area contributed by atoms with E-state index in [0.29, 0.717) is 17.9 Å². The summed E-state index contributed by atoms with van der Waals surface area (Å²) in [6.07, 6.45) is 9.08. The van der Waals surface area contributed by atoms with Crippen molar-refractivity contribution in [2.75, 3.05) is 6.61 Å². The standard InChI is InChI=1S/C30H36O3/c1-3-5-7-8-24-9-11-25(12-10-24)13-14-26-15-19-29(20-16-26)33-30(31)27-17-21-28(22-18-27)32-23-6-4-2/h9-12,15-22H,3-8,13-14,23H2,1-2H3. The van der Waals surface area contributed by atoms with Crippen LogP contribution in [0.5, 0.6) is 11.5 Å². The highest BCUT2D eigenvalue weighted by Crippen LogP contribution is 2.18. The predicted octanol–water partition coefficient (Wildman–Crippen LogP) is 7.60. The number of hydrogen-bond acceptors (Lipinski definition) is 3. The van der Waals surface area contributed by atoms with Gasteiger partial charge in [0.15, 0.2) is 0 Å². The van der Waals surface area contributed by atoms with Crippen LogP contribution in [0.15, 0.2) is 72.8 Å². The molecule has 0 radical (unpaired) electrons. The second-order valence-electron chi connectivity index (χ2n) is 8.53. The van der Waals surface area contributed by atoms with Crippen LogP contribution in [0.3, 0.4) is 0 Å². The molecule has 0 heterocycles. The summed E-state index contributed by atoms with van der Waals surface area (Å²) < 4.78 is 11.2. The number of carbonyl (C=O) groups excluding carboxylic acids is 1. The summed E-state index contributed by atoms with van der Waals surface area (Å²) in [5.74, 6) is 0.973. The van der Waals surface area contributed by atoms with Gasteiger partial charge in [-0.2, -0.15) is 0 Å². The van der Waals surface area contributed by atoms with Crippen molar-refractivity contribution in [2.24, 2.45) is 0 Å². The van der Waals surface area contributed by atoms with Crippen LogP contribution in [0.4, 0.5) is 0 Å². The van der Waals surface area contributed by atoms with Crippen molar-refractivity contribution in [3.8, 4) is 11.5 Å². The average molecular weight is 445 g/mol. The lowest BCUT2D eigenvalue weighted by Gasteiger charge is -2.08. The zero-order chi connectivity index (χ0) is 23.3. The predicted molar refractivity (Wildman–Crippen MR) is 135 cm³/mol. The Morgan fingerprint density at radius 3 is 1.70 bits per heavy atom. The Labute approximate surface area is 198 Å². The number of carbonyl (C=O) groups is 1. The van der Waals surface area contributed by atoms with E-state index in [9.17, 15) is 4.79 Å². The van der Waals surface area contributed by atoms with Gasteiger partial charge in [-0.25, -0.2) is 4.79 Å². The molecule has 3 rings (SSSR count). The Bertz CT molecular complexity index is 957. The fourth-order valence-electron chi connectivity index (χ4n) is 3.65. The van der Waals surface area contributed by atoms with Crippen molar-refractivity contribution >= 4 is 5.97 Å². The zero-order valence-corrected chi connectivity index (χ0v) is 20.0. The number of unbranched alkanes of at least 4 members (excludes halogenated alkanes) is 3. The monoisotopic (exact) mass is 444 g/mol. The van der Waals surface area contributed by atoms with E-state index < -0.39 is 0 Å². The first kappa shape index (κ1) is 24.6. The van der Waals surface area contributed by atoms with E-state index in [1.165, 1.54) is 42.4 Å². The lowest BCUT2D eigenvalue weighted by Crippen LogP contribution is -2.08. The first-order valence-electron chi connectivity index (χ1n) is 12.3. The van der Waals surface area contributed by atoms with Crippen molar-refractivity contribution in [1.29, 1.82) is 0 Å². The third-order valence-electron chi connectivity index (χ3n) is 5.78. The Balaban J connectivity index is 1.45. The van der Waals surface area contributed by atoms with Gasteiger partial charge in [-0.05, 0) is 85.2 Å². The van der Waals surface area contributed by atoms with E-state index in [1.807, 2.05) is 36.4 Å². The molecule has 0 bridgehead atoms. The fourth-order valence-corrected chi connectivity index (χ4v) is 3.65. The van der Waals surface area contributed by atoms with Crippen molar-refractivity contribution in [1.82, 2.24) is 0 Å². The quantitative estimate of drug-likeness (QED) is 0.155. The Hall–Kier alpha value is -3.07. The van der Waals surface area contributed by atoms with Crippen LogP contribution < -0.4 is 9.47 Å². The molecule has 0 aliphatic carbocycles. The Morgan fingerprint density at radius 1 is 0.606 bits per heavy atom. The van der Waals surface area contributed by atoms with E-state index in [0.717, 1.165) is 31.4 Å². The minimum atomic E-state index is -0.359. The summed E-state index contributed by atoms with van der Waals surface area (Å²) in [6, 6.07) is 23.9. The molecule has 0 atom stereocenters. The van der Waals surface area contributed by atoms with Gasteiger partial charge in [-0.1, -0.05) is 69.5 Å². The summed E-state index contributed by atoms with van der Waals surface area (Å²) in [5, 5.41) is 0. The molecule has 0 unspecified atom stereocenters. The smallest absolute Gasteiger partial charge is 0.343 e. The first-order chi connectivity index (χ1) is 16.2. The molecule has 174 valence electrons. The summed E-state index contributed by atoms with van der Waals surface area (Å²) >= 11 is 0. The molecule has 0 aliphatic rings. The van der Waals surface area contributed by atoms with Gasteiger partial charge in [-0.3, -0.25) is 0 Å². The minimum absolute atomic E-state index is 0.359. The topological polar surface area (TPSA) is 35.5 Å². The highest BCUT2D eigenvalue weighted by molar-refractivity contribution is 5.91. The molecule has 0 amide bonds. The molecule has 3 heteroatoms. The molecule has 0 saturated heterocycles. The van der Waals surface area contributed by atoms with Gasteiger partial charge in [0.25, 0.3) is 0 Å². The average Bonchev–Trinajstić information content (AvgIpc) is 2.85. The van der Waals surface area contributed by atoms with E-state index >= 15 is 0 Å².